The van der Waals surface area contributed by atoms with E-state index in [-0.39, 0.29) is 0 Å². The Labute approximate surface area is 198 Å². The highest BCUT2D eigenvalue weighted by Crippen LogP contribution is 2.57. The first-order valence-electron chi connectivity index (χ1n) is 11.4. The number of hydrogen-bond donors (Lipinski definition) is 1. The van der Waals surface area contributed by atoms with Crippen LogP contribution in [0, 0.1) is 0 Å². The van der Waals surface area contributed by atoms with E-state index in [1.54, 1.807) is 0 Å². The summed E-state index contributed by atoms with van der Waals surface area (Å²) in [5.41, 5.74) is 6.61. The molecule has 0 unspecified atom stereocenters. The molecule has 33 heavy (non-hydrogen) atoms. The molecular weight excluding hydrogens is 419 g/mol. The van der Waals surface area contributed by atoms with E-state index in [4.69, 9.17) is 5.10 Å². The second kappa shape index (κ2) is 10.9. The third-order valence-electron chi connectivity index (χ3n) is 5.69. The zero-order valence-electron chi connectivity index (χ0n) is 19.2. The average molecular weight is 450 g/mol. The monoisotopic (exact) mass is 449 g/mol. The number of hydrazone groups is 1. The molecule has 0 saturated heterocycles. The third kappa shape index (κ3) is 5.13. The molecule has 4 aromatic carbocycles. The van der Waals surface area contributed by atoms with Crippen molar-refractivity contribution in [2.75, 3.05) is 0 Å². The van der Waals surface area contributed by atoms with Gasteiger partial charge >= 0.3 is 0 Å². The Balaban J connectivity index is 1.84. The maximum atomic E-state index is 4.79. The Kier molecular flexibility index (Phi) is 7.50. The van der Waals surface area contributed by atoms with Crippen LogP contribution in [0.5, 0.6) is 0 Å². The van der Waals surface area contributed by atoms with E-state index in [0.29, 0.717) is 0 Å². The Morgan fingerprint density at radius 1 is 0.667 bits per heavy atom. The van der Waals surface area contributed by atoms with Gasteiger partial charge in [0.25, 0.3) is 0 Å². The van der Waals surface area contributed by atoms with Crippen LogP contribution in [-0.4, -0.2) is 5.71 Å². The molecule has 0 heterocycles. The van der Waals surface area contributed by atoms with E-state index < -0.39 is 7.26 Å². The molecule has 0 aromatic heterocycles. The van der Waals surface area contributed by atoms with Gasteiger partial charge in [0.1, 0.15) is 23.2 Å². The van der Waals surface area contributed by atoms with Gasteiger partial charge < -0.3 is 0 Å². The second-order valence-electron chi connectivity index (χ2n) is 7.93. The molecule has 3 heteroatoms. The van der Waals surface area contributed by atoms with Gasteiger partial charge in [-0.2, -0.15) is 5.10 Å². The van der Waals surface area contributed by atoms with Crippen LogP contribution in [0.3, 0.4) is 0 Å². The minimum atomic E-state index is -2.04. The molecule has 0 saturated carbocycles. The first kappa shape index (κ1) is 22.7. The van der Waals surface area contributed by atoms with Crippen LogP contribution in [0.15, 0.2) is 138 Å². The predicted octanol–water partition coefficient (Wildman–Crippen LogP) is 6.25. The van der Waals surface area contributed by atoms with E-state index in [2.05, 4.69) is 140 Å². The van der Waals surface area contributed by atoms with E-state index in [1.165, 1.54) is 15.9 Å². The lowest BCUT2D eigenvalue weighted by Gasteiger charge is -2.24. The molecule has 0 atom stereocenters. The fourth-order valence-corrected chi connectivity index (χ4v) is 8.02. The maximum Gasteiger partial charge on any atom is 0.138 e. The van der Waals surface area contributed by atoms with Crippen LogP contribution >= 0.6 is 7.26 Å². The topological polar surface area (TPSA) is 24.4 Å². The van der Waals surface area contributed by atoms with Crippen molar-refractivity contribution in [2.24, 2.45) is 5.10 Å². The predicted molar refractivity (Wildman–Crippen MR) is 145 cm³/mol. The Hall–Kier alpha value is -3.48. The highest BCUT2D eigenvalue weighted by atomic mass is 31.2. The summed E-state index contributed by atoms with van der Waals surface area (Å²) in [5, 5.41) is 8.77. The van der Waals surface area contributed by atoms with Crippen molar-refractivity contribution in [1.82, 2.24) is 5.43 Å². The molecule has 0 amide bonds. The number of benzene rings is 4. The van der Waals surface area contributed by atoms with Gasteiger partial charge in [0.15, 0.2) is 0 Å². The van der Waals surface area contributed by atoms with Crippen LogP contribution < -0.4 is 21.3 Å². The number of nitrogens with one attached hydrogen (secondary N) is 1. The molecule has 2 nitrogen and oxygen atoms in total. The van der Waals surface area contributed by atoms with Crippen molar-refractivity contribution in [2.45, 2.75) is 20.3 Å². The summed E-state index contributed by atoms with van der Waals surface area (Å²) < 4.78 is 0. The zero-order valence-corrected chi connectivity index (χ0v) is 20.1. The van der Waals surface area contributed by atoms with E-state index in [1.807, 2.05) is 6.07 Å². The van der Waals surface area contributed by atoms with Crippen LogP contribution in [0.4, 0.5) is 0 Å². The van der Waals surface area contributed by atoms with Crippen molar-refractivity contribution in [3.8, 4) is 0 Å². The standard InChI is InChI=1S/C30H30N2P/c1-3-30(26-16-8-4-9-17-26)32-31-25(2)24-33(27-18-10-5-11-19-27,28-20-12-6-13-21-28)29-22-14-7-15-23-29/h4-24,31H,3H2,1-2H3/q+1. The van der Waals surface area contributed by atoms with Crippen LogP contribution in [0.25, 0.3) is 0 Å². The molecule has 0 aliphatic heterocycles. The van der Waals surface area contributed by atoms with Crippen LogP contribution in [0.2, 0.25) is 0 Å². The smallest absolute Gasteiger partial charge is 0.138 e. The van der Waals surface area contributed by atoms with Gasteiger partial charge in [-0.25, -0.2) is 0 Å². The molecule has 0 spiro atoms. The van der Waals surface area contributed by atoms with Crippen molar-refractivity contribution in [3.05, 3.63) is 138 Å². The largest absolute Gasteiger partial charge is 0.279 e. The number of allylic oxidation sites excluding steroid dienone is 1. The van der Waals surface area contributed by atoms with E-state index in [0.717, 1.165) is 23.4 Å². The van der Waals surface area contributed by atoms with Crippen molar-refractivity contribution >= 4 is 28.9 Å². The van der Waals surface area contributed by atoms with Crippen molar-refractivity contribution in [3.63, 3.8) is 0 Å². The first-order chi connectivity index (χ1) is 16.2. The first-order valence-corrected chi connectivity index (χ1v) is 13.2. The highest BCUT2D eigenvalue weighted by Gasteiger charge is 2.43. The van der Waals surface area contributed by atoms with Gasteiger partial charge in [-0.05, 0) is 55.3 Å². The fraction of sp³-hybridized carbons (Fsp3) is 0.100. The lowest BCUT2D eigenvalue weighted by Crippen LogP contribution is -2.30. The van der Waals surface area contributed by atoms with Crippen molar-refractivity contribution < 1.29 is 0 Å². The average Bonchev–Trinajstić information content (AvgIpc) is 2.90. The summed E-state index contributed by atoms with van der Waals surface area (Å²) in [6.45, 7) is 4.26. The SMILES string of the molecule is CCC(=NNC(C)=C[P+](c1ccccc1)(c1ccccc1)c1ccccc1)c1ccccc1. The van der Waals surface area contributed by atoms with Gasteiger partial charge in [0, 0.05) is 0 Å². The molecule has 4 aromatic rings. The van der Waals surface area contributed by atoms with Gasteiger partial charge in [-0.3, -0.25) is 5.43 Å². The van der Waals surface area contributed by atoms with Gasteiger partial charge in [0.2, 0.25) is 0 Å². The number of rotatable bonds is 8. The maximum absolute atomic E-state index is 4.79. The molecule has 0 bridgehead atoms. The summed E-state index contributed by atoms with van der Waals surface area (Å²) in [4.78, 5) is 0. The quantitative estimate of drug-likeness (QED) is 0.192. The van der Waals surface area contributed by atoms with E-state index >= 15 is 0 Å². The highest BCUT2D eigenvalue weighted by molar-refractivity contribution is 7.98. The number of nitrogens with zero attached hydrogens (tertiary/aromatic N) is 1. The minimum absolute atomic E-state index is 0.862. The van der Waals surface area contributed by atoms with Gasteiger partial charge in [-0.1, -0.05) is 91.9 Å². The van der Waals surface area contributed by atoms with E-state index in [9.17, 15) is 0 Å². The van der Waals surface area contributed by atoms with Gasteiger partial charge in [0.05, 0.1) is 17.2 Å². The second-order valence-corrected chi connectivity index (χ2v) is 11.2. The molecule has 4 rings (SSSR count). The lowest BCUT2D eigenvalue weighted by atomic mass is 10.1. The molecular formula is C30H30N2P+. The zero-order chi connectivity index (χ0) is 22.9. The van der Waals surface area contributed by atoms with Crippen LogP contribution in [0.1, 0.15) is 25.8 Å². The molecule has 1 N–H and O–H groups in total. The lowest BCUT2D eigenvalue weighted by molar-refractivity contribution is 0.883. The molecule has 164 valence electrons. The Bertz CT molecular complexity index is 1100. The van der Waals surface area contributed by atoms with Gasteiger partial charge in [-0.15, -0.1) is 0 Å². The molecule has 0 radical (unpaired) electrons. The Morgan fingerprint density at radius 2 is 1.06 bits per heavy atom. The normalized spacial score (nSPS) is 12.4. The molecule has 0 aliphatic carbocycles. The van der Waals surface area contributed by atoms with Crippen molar-refractivity contribution in [1.29, 1.82) is 0 Å². The summed E-state index contributed by atoms with van der Waals surface area (Å²) in [5.74, 6) is 2.41. The molecule has 0 fully saturated rings. The number of hydrogen-bond acceptors (Lipinski definition) is 2. The Morgan fingerprint density at radius 3 is 1.45 bits per heavy atom. The summed E-state index contributed by atoms with van der Waals surface area (Å²) in [6.07, 6.45) is 0.862. The summed E-state index contributed by atoms with van der Waals surface area (Å²) in [7, 11) is -2.04. The third-order valence-corrected chi connectivity index (χ3v) is 9.80. The summed E-state index contributed by atoms with van der Waals surface area (Å²) in [6, 6.07) is 42.9. The molecule has 0 aliphatic rings. The summed E-state index contributed by atoms with van der Waals surface area (Å²) >= 11 is 0. The van der Waals surface area contributed by atoms with Crippen LogP contribution in [-0.2, 0) is 0 Å². The fourth-order valence-electron chi connectivity index (χ4n) is 4.11. The minimum Gasteiger partial charge on any atom is -0.279 e.